The Morgan fingerprint density at radius 3 is 2.56 bits per heavy atom. The zero-order valence-electron chi connectivity index (χ0n) is 14.5. The predicted octanol–water partition coefficient (Wildman–Crippen LogP) is 3.00. The standard InChI is InChI=1S/C19H24FN3O2/c1-13-2-8-16(9-3-13)21-19(25)17-10-11-18(24)23(22-17)12-14-4-6-15(20)7-5-14/h4-7,13,16H,2-3,8-12H2,1H3,(H,21,25). The normalized spacial score (nSPS) is 24.0. The lowest BCUT2D eigenvalue weighted by Gasteiger charge is -2.28. The van der Waals surface area contributed by atoms with Gasteiger partial charge in [-0.2, -0.15) is 5.10 Å². The summed E-state index contributed by atoms with van der Waals surface area (Å²) in [5.74, 6) is 0.117. The number of hydrazone groups is 1. The van der Waals surface area contributed by atoms with E-state index in [0.717, 1.165) is 37.2 Å². The molecular formula is C19H24FN3O2. The Morgan fingerprint density at radius 2 is 1.88 bits per heavy atom. The van der Waals surface area contributed by atoms with Gasteiger partial charge in [-0.15, -0.1) is 0 Å². The van der Waals surface area contributed by atoms with Crippen molar-refractivity contribution < 1.29 is 14.0 Å². The number of halogens is 1. The van der Waals surface area contributed by atoms with Gasteiger partial charge in [0.2, 0.25) is 5.91 Å². The SMILES string of the molecule is CC1CCC(NC(=O)C2=NN(Cc3ccc(F)cc3)C(=O)CC2)CC1. The van der Waals surface area contributed by atoms with Gasteiger partial charge in [-0.3, -0.25) is 9.59 Å². The number of benzene rings is 1. The van der Waals surface area contributed by atoms with Gasteiger partial charge in [-0.05, 0) is 49.3 Å². The fourth-order valence-corrected chi connectivity index (χ4v) is 3.32. The first-order valence-corrected chi connectivity index (χ1v) is 8.94. The van der Waals surface area contributed by atoms with Crippen molar-refractivity contribution in [1.82, 2.24) is 10.3 Å². The third-order valence-corrected chi connectivity index (χ3v) is 4.96. The van der Waals surface area contributed by atoms with Crippen LogP contribution in [0.5, 0.6) is 0 Å². The van der Waals surface area contributed by atoms with Gasteiger partial charge in [-0.1, -0.05) is 19.1 Å². The summed E-state index contributed by atoms with van der Waals surface area (Å²) in [7, 11) is 0. The average molecular weight is 345 g/mol. The minimum atomic E-state index is -0.320. The van der Waals surface area contributed by atoms with Crippen LogP contribution in [0.3, 0.4) is 0 Å². The van der Waals surface area contributed by atoms with Crippen LogP contribution in [0, 0.1) is 11.7 Å². The van der Waals surface area contributed by atoms with Crippen molar-refractivity contribution in [2.24, 2.45) is 11.0 Å². The molecule has 1 saturated carbocycles. The van der Waals surface area contributed by atoms with E-state index in [4.69, 9.17) is 0 Å². The molecule has 2 aliphatic rings. The Labute approximate surface area is 147 Å². The summed E-state index contributed by atoms with van der Waals surface area (Å²) < 4.78 is 13.0. The molecule has 1 aromatic rings. The highest BCUT2D eigenvalue weighted by Gasteiger charge is 2.27. The van der Waals surface area contributed by atoms with E-state index in [0.29, 0.717) is 12.1 Å². The molecule has 3 rings (SSSR count). The average Bonchev–Trinajstić information content (AvgIpc) is 2.60. The topological polar surface area (TPSA) is 61.8 Å². The number of nitrogens with zero attached hydrogens (tertiary/aromatic N) is 2. The number of amides is 2. The first-order chi connectivity index (χ1) is 12.0. The van der Waals surface area contributed by atoms with Crippen LogP contribution in [0.4, 0.5) is 4.39 Å². The summed E-state index contributed by atoms with van der Waals surface area (Å²) in [5.41, 5.74) is 1.18. The Kier molecular flexibility index (Phi) is 5.46. The predicted molar refractivity (Wildman–Crippen MR) is 93.2 cm³/mol. The summed E-state index contributed by atoms with van der Waals surface area (Å²) in [6.45, 7) is 2.49. The molecule has 5 nitrogen and oxygen atoms in total. The van der Waals surface area contributed by atoms with Gasteiger partial charge in [0.05, 0.1) is 6.54 Å². The molecule has 1 fully saturated rings. The smallest absolute Gasteiger partial charge is 0.267 e. The number of carbonyl (C=O) groups is 2. The maximum atomic E-state index is 13.0. The van der Waals surface area contributed by atoms with Crippen LogP contribution in [0.25, 0.3) is 0 Å². The number of nitrogens with one attached hydrogen (secondary N) is 1. The lowest BCUT2D eigenvalue weighted by atomic mass is 9.87. The summed E-state index contributed by atoms with van der Waals surface area (Å²) in [4.78, 5) is 24.5. The second kappa shape index (κ2) is 7.76. The molecule has 0 atom stereocenters. The van der Waals surface area contributed by atoms with Crippen molar-refractivity contribution >= 4 is 17.5 Å². The molecule has 0 saturated heterocycles. The quantitative estimate of drug-likeness (QED) is 0.912. The Bertz CT molecular complexity index is 664. The van der Waals surface area contributed by atoms with E-state index in [1.807, 2.05) is 0 Å². The molecular weight excluding hydrogens is 321 g/mol. The van der Waals surface area contributed by atoms with Crippen LogP contribution in [0.2, 0.25) is 0 Å². The molecule has 0 spiro atoms. The van der Waals surface area contributed by atoms with E-state index in [9.17, 15) is 14.0 Å². The second-order valence-electron chi connectivity index (χ2n) is 7.05. The molecule has 0 bridgehead atoms. The molecule has 1 N–H and O–H groups in total. The zero-order valence-corrected chi connectivity index (χ0v) is 14.5. The Morgan fingerprint density at radius 1 is 1.20 bits per heavy atom. The van der Waals surface area contributed by atoms with E-state index in [-0.39, 0.29) is 36.6 Å². The molecule has 6 heteroatoms. The molecule has 1 aromatic carbocycles. The fourth-order valence-electron chi connectivity index (χ4n) is 3.32. The third-order valence-electron chi connectivity index (χ3n) is 4.96. The molecule has 1 aliphatic heterocycles. The molecule has 134 valence electrons. The van der Waals surface area contributed by atoms with Crippen LogP contribution >= 0.6 is 0 Å². The van der Waals surface area contributed by atoms with Gasteiger partial charge >= 0.3 is 0 Å². The van der Waals surface area contributed by atoms with E-state index in [1.54, 1.807) is 12.1 Å². The maximum Gasteiger partial charge on any atom is 0.267 e. The van der Waals surface area contributed by atoms with Crippen LogP contribution in [-0.2, 0) is 16.1 Å². The highest BCUT2D eigenvalue weighted by atomic mass is 19.1. The lowest BCUT2D eigenvalue weighted by Crippen LogP contribution is -2.44. The third kappa shape index (κ3) is 4.65. The second-order valence-corrected chi connectivity index (χ2v) is 7.05. The summed E-state index contributed by atoms with van der Waals surface area (Å²) >= 11 is 0. The summed E-state index contributed by atoms with van der Waals surface area (Å²) in [5, 5.41) is 8.63. The van der Waals surface area contributed by atoms with Gasteiger partial charge in [0.25, 0.3) is 5.91 Å². The van der Waals surface area contributed by atoms with E-state index < -0.39 is 0 Å². The monoisotopic (exact) mass is 345 g/mol. The molecule has 0 radical (unpaired) electrons. The Hall–Kier alpha value is -2.24. The van der Waals surface area contributed by atoms with E-state index in [1.165, 1.54) is 17.1 Å². The maximum absolute atomic E-state index is 13.0. The van der Waals surface area contributed by atoms with Crippen molar-refractivity contribution in [3.8, 4) is 0 Å². The van der Waals surface area contributed by atoms with Gasteiger partial charge in [0.1, 0.15) is 11.5 Å². The Balaban J connectivity index is 1.63. The van der Waals surface area contributed by atoms with E-state index >= 15 is 0 Å². The molecule has 1 heterocycles. The van der Waals surface area contributed by atoms with Crippen LogP contribution in [-0.4, -0.2) is 28.6 Å². The molecule has 25 heavy (non-hydrogen) atoms. The number of hydrogen-bond acceptors (Lipinski definition) is 3. The van der Waals surface area contributed by atoms with Crippen molar-refractivity contribution in [3.05, 3.63) is 35.6 Å². The number of carbonyl (C=O) groups excluding carboxylic acids is 2. The van der Waals surface area contributed by atoms with E-state index in [2.05, 4.69) is 17.3 Å². The van der Waals surface area contributed by atoms with Crippen LogP contribution in [0.1, 0.15) is 51.0 Å². The van der Waals surface area contributed by atoms with Crippen LogP contribution in [0.15, 0.2) is 29.4 Å². The van der Waals surface area contributed by atoms with Gasteiger partial charge in [0, 0.05) is 18.9 Å². The van der Waals surface area contributed by atoms with Crippen molar-refractivity contribution in [3.63, 3.8) is 0 Å². The molecule has 1 aliphatic carbocycles. The zero-order chi connectivity index (χ0) is 17.8. The van der Waals surface area contributed by atoms with Crippen LogP contribution < -0.4 is 5.32 Å². The van der Waals surface area contributed by atoms with Crippen molar-refractivity contribution in [2.45, 2.75) is 58.0 Å². The van der Waals surface area contributed by atoms with Gasteiger partial charge in [-0.25, -0.2) is 9.40 Å². The van der Waals surface area contributed by atoms with Gasteiger partial charge < -0.3 is 5.32 Å². The molecule has 0 unspecified atom stereocenters. The fraction of sp³-hybridized carbons (Fsp3) is 0.526. The lowest BCUT2D eigenvalue weighted by molar-refractivity contribution is -0.132. The highest BCUT2D eigenvalue weighted by molar-refractivity contribution is 6.39. The highest BCUT2D eigenvalue weighted by Crippen LogP contribution is 2.23. The largest absolute Gasteiger partial charge is 0.348 e. The minimum absolute atomic E-state index is 0.118. The van der Waals surface area contributed by atoms with Crippen molar-refractivity contribution in [2.75, 3.05) is 0 Å². The number of hydrogen-bond donors (Lipinski definition) is 1. The molecule has 2 amide bonds. The van der Waals surface area contributed by atoms with Crippen molar-refractivity contribution in [1.29, 1.82) is 0 Å². The first kappa shape index (κ1) is 17.6. The van der Waals surface area contributed by atoms with Gasteiger partial charge in [0.15, 0.2) is 0 Å². The number of rotatable bonds is 4. The summed E-state index contributed by atoms with van der Waals surface area (Å²) in [6, 6.07) is 6.15. The molecule has 0 aromatic heterocycles. The minimum Gasteiger partial charge on any atom is -0.348 e. The first-order valence-electron chi connectivity index (χ1n) is 8.94. The summed E-state index contributed by atoms with van der Waals surface area (Å²) in [6.07, 6.45) is 4.90.